The lowest BCUT2D eigenvalue weighted by Gasteiger charge is -2.09. The standard InChI is InChI=1S/C11H9ClO3/c1-7-3-9(12)4-10(15-2)11(7)8(5-13)6-14/h3-5H,1-2H3. The molecule has 0 saturated heterocycles. The van der Waals surface area contributed by atoms with Gasteiger partial charge in [-0.1, -0.05) is 11.6 Å². The third kappa shape index (κ3) is 2.27. The van der Waals surface area contributed by atoms with Crippen LogP contribution in [-0.4, -0.2) is 19.3 Å². The Balaban J connectivity index is 3.52. The first-order valence-electron chi connectivity index (χ1n) is 4.18. The number of hydrogen-bond donors (Lipinski definition) is 0. The lowest BCUT2D eigenvalue weighted by atomic mass is 10.0. The topological polar surface area (TPSA) is 43.4 Å². The van der Waals surface area contributed by atoms with Crippen molar-refractivity contribution in [1.29, 1.82) is 0 Å². The van der Waals surface area contributed by atoms with Crippen molar-refractivity contribution in [3.8, 4) is 5.75 Å². The third-order valence-electron chi connectivity index (χ3n) is 1.98. The van der Waals surface area contributed by atoms with Gasteiger partial charge < -0.3 is 4.74 Å². The van der Waals surface area contributed by atoms with Gasteiger partial charge in [0.2, 0.25) is 0 Å². The van der Waals surface area contributed by atoms with Gasteiger partial charge in [0.05, 0.1) is 7.11 Å². The molecule has 0 fully saturated rings. The second kappa shape index (κ2) is 4.78. The van der Waals surface area contributed by atoms with E-state index in [2.05, 4.69) is 0 Å². The Bertz CT molecular complexity index is 445. The molecule has 0 aliphatic rings. The molecule has 1 rings (SSSR count). The van der Waals surface area contributed by atoms with Crippen molar-refractivity contribution < 1.29 is 14.3 Å². The highest BCUT2D eigenvalue weighted by atomic mass is 35.5. The van der Waals surface area contributed by atoms with E-state index >= 15 is 0 Å². The number of aldehydes is 1. The summed E-state index contributed by atoms with van der Waals surface area (Å²) in [4.78, 5) is 21.2. The first kappa shape index (κ1) is 11.5. The molecule has 0 aliphatic carbocycles. The first-order valence-corrected chi connectivity index (χ1v) is 4.56. The van der Waals surface area contributed by atoms with E-state index in [4.69, 9.17) is 16.3 Å². The zero-order valence-electron chi connectivity index (χ0n) is 8.33. The predicted molar refractivity (Wildman–Crippen MR) is 57.9 cm³/mol. The van der Waals surface area contributed by atoms with Crippen LogP contribution in [0.5, 0.6) is 5.75 Å². The molecule has 1 aromatic rings. The van der Waals surface area contributed by atoms with E-state index in [1.807, 2.05) is 0 Å². The summed E-state index contributed by atoms with van der Waals surface area (Å²) in [6.45, 7) is 1.74. The van der Waals surface area contributed by atoms with Gasteiger partial charge in [0.25, 0.3) is 0 Å². The van der Waals surface area contributed by atoms with Crippen molar-refractivity contribution >= 4 is 29.4 Å². The van der Waals surface area contributed by atoms with Gasteiger partial charge in [0, 0.05) is 10.6 Å². The van der Waals surface area contributed by atoms with Gasteiger partial charge in [0.1, 0.15) is 17.3 Å². The van der Waals surface area contributed by atoms with Gasteiger partial charge in [-0.2, -0.15) is 0 Å². The maximum atomic E-state index is 10.7. The molecule has 78 valence electrons. The lowest BCUT2D eigenvalue weighted by Crippen LogP contribution is -1.96. The van der Waals surface area contributed by atoms with Crippen molar-refractivity contribution in [3.05, 3.63) is 28.3 Å². The number of halogens is 1. The minimum Gasteiger partial charge on any atom is -0.496 e. The highest BCUT2D eigenvalue weighted by Crippen LogP contribution is 2.30. The zero-order chi connectivity index (χ0) is 11.4. The van der Waals surface area contributed by atoms with Gasteiger partial charge >= 0.3 is 0 Å². The van der Waals surface area contributed by atoms with Crippen molar-refractivity contribution in [2.75, 3.05) is 7.11 Å². The molecule has 0 aromatic heterocycles. The Morgan fingerprint density at radius 2 is 2.20 bits per heavy atom. The minimum atomic E-state index is -0.0685. The summed E-state index contributed by atoms with van der Waals surface area (Å²) in [6, 6.07) is 3.20. The molecular formula is C11H9ClO3. The van der Waals surface area contributed by atoms with E-state index in [0.717, 1.165) is 0 Å². The quantitative estimate of drug-likeness (QED) is 0.449. The Hall–Kier alpha value is -1.57. The molecule has 0 aliphatic heterocycles. The fraction of sp³-hybridized carbons (Fsp3) is 0.182. The molecule has 0 atom stereocenters. The Kier molecular flexibility index (Phi) is 3.67. The minimum absolute atomic E-state index is 0.0685. The van der Waals surface area contributed by atoms with E-state index in [1.54, 1.807) is 25.0 Å². The van der Waals surface area contributed by atoms with Crippen molar-refractivity contribution in [3.63, 3.8) is 0 Å². The van der Waals surface area contributed by atoms with Gasteiger partial charge in [-0.05, 0) is 24.6 Å². The molecule has 0 saturated carbocycles. The molecule has 0 spiro atoms. The number of allylic oxidation sites excluding steroid dienone is 1. The number of hydrogen-bond acceptors (Lipinski definition) is 3. The molecule has 1 aromatic carbocycles. The molecule has 0 unspecified atom stereocenters. The summed E-state index contributed by atoms with van der Waals surface area (Å²) in [5, 5.41) is 0.490. The molecule has 0 amide bonds. The van der Waals surface area contributed by atoms with E-state index in [9.17, 15) is 9.59 Å². The van der Waals surface area contributed by atoms with Crippen LogP contribution < -0.4 is 4.74 Å². The first-order chi connectivity index (χ1) is 7.13. The average Bonchev–Trinajstić information content (AvgIpc) is 2.21. The van der Waals surface area contributed by atoms with E-state index in [-0.39, 0.29) is 5.57 Å². The largest absolute Gasteiger partial charge is 0.496 e. The number of benzene rings is 1. The van der Waals surface area contributed by atoms with Gasteiger partial charge in [-0.3, -0.25) is 4.79 Å². The fourth-order valence-electron chi connectivity index (χ4n) is 1.35. The third-order valence-corrected chi connectivity index (χ3v) is 2.20. The smallest absolute Gasteiger partial charge is 0.161 e. The van der Waals surface area contributed by atoms with Gasteiger partial charge in [0.15, 0.2) is 6.29 Å². The number of ether oxygens (including phenoxy) is 1. The summed E-state index contributed by atoms with van der Waals surface area (Å²) in [6.07, 6.45) is 0.450. The maximum absolute atomic E-state index is 10.7. The number of rotatable bonds is 3. The van der Waals surface area contributed by atoms with Crippen LogP contribution in [0.1, 0.15) is 11.1 Å². The molecule has 3 nitrogen and oxygen atoms in total. The van der Waals surface area contributed by atoms with E-state index < -0.39 is 0 Å². The molecule has 15 heavy (non-hydrogen) atoms. The SMILES string of the molecule is COc1cc(Cl)cc(C)c1C(=C=O)C=O. The molecule has 0 heterocycles. The average molecular weight is 225 g/mol. The van der Waals surface area contributed by atoms with Crippen molar-refractivity contribution in [2.24, 2.45) is 0 Å². The van der Waals surface area contributed by atoms with Crippen LogP contribution in [0.2, 0.25) is 5.02 Å². The summed E-state index contributed by atoms with van der Waals surface area (Å²) in [7, 11) is 1.45. The van der Waals surface area contributed by atoms with Crippen LogP contribution in [0.25, 0.3) is 5.57 Å². The predicted octanol–water partition coefficient (Wildman–Crippen LogP) is 2.07. The second-order valence-corrected chi connectivity index (χ2v) is 3.37. The normalized spacial score (nSPS) is 9.27. The highest BCUT2D eigenvalue weighted by Gasteiger charge is 2.13. The van der Waals surface area contributed by atoms with Crippen LogP contribution in [0.4, 0.5) is 0 Å². The Labute approximate surface area is 92.3 Å². The molecular weight excluding hydrogens is 216 g/mol. The zero-order valence-corrected chi connectivity index (χ0v) is 9.09. The number of aryl methyl sites for hydroxylation is 1. The highest BCUT2D eigenvalue weighted by molar-refractivity contribution is 6.31. The van der Waals surface area contributed by atoms with Crippen molar-refractivity contribution in [2.45, 2.75) is 6.92 Å². The van der Waals surface area contributed by atoms with Crippen LogP contribution >= 0.6 is 11.6 Å². The number of methoxy groups -OCH3 is 1. The summed E-state index contributed by atoms with van der Waals surface area (Å²) in [5.74, 6) is 1.97. The maximum Gasteiger partial charge on any atom is 0.161 e. The summed E-state index contributed by atoms with van der Waals surface area (Å²) < 4.78 is 5.05. The van der Waals surface area contributed by atoms with E-state index in [1.165, 1.54) is 7.11 Å². The van der Waals surface area contributed by atoms with Crippen LogP contribution in [0.3, 0.4) is 0 Å². The Morgan fingerprint density at radius 1 is 1.53 bits per heavy atom. The van der Waals surface area contributed by atoms with Gasteiger partial charge in [-0.25, -0.2) is 4.79 Å². The molecule has 0 radical (unpaired) electrons. The fourth-order valence-corrected chi connectivity index (χ4v) is 1.62. The number of carbonyl (C=O) groups is 1. The van der Waals surface area contributed by atoms with Crippen LogP contribution in [0, 0.1) is 6.92 Å². The Morgan fingerprint density at radius 3 is 2.67 bits per heavy atom. The summed E-state index contributed by atoms with van der Waals surface area (Å²) in [5.41, 5.74) is 1.07. The van der Waals surface area contributed by atoms with Crippen molar-refractivity contribution in [1.82, 2.24) is 0 Å². The van der Waals surface area contributed by atoms with Gasteiger partial charge in [-0.15, -0.1) is 0 Å². The van der Waals surface area contributed by atoms with Crippen LogP contribution in [-0.2, 0) is 9.59 Å². The molecule has 4 heteroatoms. The summed E-state index contributed by atoms with van der Waals surface area (Å²) >= 11 is 5.82. The molecule has 0 N–H and O–H groups in total. The van der Waals surface area contributed by atoms with Crippen LogP contribution in [0.15, 0.2) is 12.1 Å². The lowest BCUT2D eigenvalue weighted by molar-refractivity contribution is -0.103. The monoisotopic (exact) mass is 224 g/mol. The number of carbonyl (C=O) groups excluding carboxylic acids is 2. The van der Waals surface area contributed by atoms with E-state index in [0.29, 0.717) is 28.2 Å². The second-order valence-electron chi connectivity index (χ2n) is 2.93. The molecule has 0 bridgehead atoms.